The van der Waals surface area contributed by atoms with Gasteiger partial charge < -0.3 is 14.6 Å². The molecule has 0 amide bonds. The summed E-state index contributed by atoms with van der Waals surface area (Å²) in [6.07, 6.45) is 0.310. The van der Waals surface area contributed by atoms with E-state index < -0.39 is 17.7 Å². The minimum atomic E-state index is -0.760. The van der Waals surface area contributed by atoms with E-state index in [2.05, 4.69) is 11.8 Å². The largest absolute Gasteiger partial charge is 0.505 e. The highest BCUT2D eigenvalue weighted by Crippen LogP contribution is 2.48. The van der Waals surface area contributed by atoms with Crippen molar-refractivity contribution in [2.24, 2.45) is 5.92 Å². The van der Waals surface area contributed by atoms with E-state index in [1.54, 1.807) is 12.1 Å². The van der Waals surface area contributed by atoms with Crippen molar-refractivity contribution in [1.82, 2.24) is 4.90 Å². The van der Waals surface area contributed by atoms with Crippen LogP contribution in [0, 0.1) is 17.6 Å². The van der Waals surface area contributed by atoms with Crippen molar-refractivity contribution in [1.29, 1.82) is 0 Å². The molecule has 194 valence electrons. The maximum absolute atomic E-state index is 14.2. The Labute approximate surface area is 215 Å². The Morgan fingerprint density at radius 1 is 1.08 bits per heavy atom. The van der Waals surface area contributed by atoms with Gasteiger partial charge in [0, 0.05) is 35.7 Å². The molecule has 0 unspecified atom stereocenters. The van der Waals surface area contributed by atoms with Crippen molar-refractivity contribution in [2.45, 2.75) is 32.4 Å². The Kier molecular flexibility index (Phi) is 7.15. The number of benzene rings is 3. The molecule has 1 saturated heterocycles. The van der Waals surface area contributed by atoms with Gasteiger partial charge in [-0.15, -0.1) is 0 Å². The molecule has 2 aliphatic rings. The molecule has 3 aromatic carbocycles. The number of hydrogen-bond donors (Lipinski definition) is 1. The number of ether oxygens (including phenoxy) is 2. The molecule has 0 saturated carbocycles. The highest BCUT2D eigenvalue weighted by molar-refractivity contribution is 5.95. The molecule has 3 atom stereocenters. The van der Waals surface area contributed by atoms with Crippen LogP contribution < -0.4 is 9.47 Å². The van der Waals surface area contributed by atoms with E-state index in [9.17, 15) is 18.3 Å². The van der Waals surface area contributed by atoms with E-state index >= 15 is 0 Å². The highest BCUT2D eigenvalue weighted by atomic mass is 19.1. The second-order valence-corrected chi connectivity index (χ2v) is 9.88. The topological polar surface area (TPSA) is 41.9 Å². The summed E-state index contributed by atoms with van der Waals surface area (Å²) in [6.45, 7) is 5.83. The zero-order valence-corrected chi connectivity index (χ0v) is 20.9. The molecule has 1 N–H and O–H groups in total. The van der Waals surface area contributed by atoms with E-state index in [0.717, 1.165) is 41.8 Å². The average Bonchev–Trinajstić information content (AvgIpc) is 3.39. The number of allylic oxidation sites excluding steroid dienone is 1. The third-order valence-electron chi connectivity index (χ3n) is 7.35. The van der Waals surface area contributed by atoms with Gasteiger partial charge in [-0.3, -0.25) is 9.29 Å². The number of phenolic OH excluding ortho intramolecular Hbond substituents is 1. The van der Waals surface area contributed by atoms with Crippen LogP contribution in [-0.4, -0.2) is 42.4 Å². The molecule has 7 heteroatoms. The van der Waals surface area contributed by atoms with Crippen molar-refractivity contribution >= 4 is 11.1 Å². The first-order valence-corrected chi connectivity index (χ1v) is 12.5. The number of hydrogen-bond acceptors (Lipinski definition) is 4. The fourth-order valence-electron chi connectivity index (χ4n) is 5.14. The lowest BCUT2D eigenvalue weighted by Gasteiger charge is -2.31. The molecule has 4 nitrogen and oxygen atoms in total. The van der Waals surface area contributed by atoms with Crippen LogP contribution in [-0.2, 0) is 0 Å². The second kappa shape index (κ2) is 10.5. The number of rotatable bonds is 7. The van der Waals surface area contributed by atoms with Crippen molar-refractivity contribution < 1.29 is 27.8 Å². The van der Waals surface area contributed by atoms with Gasteiger partial charge in [0.2, 0.25) is 0 Å². The van der Waals surface area contributed by atoms with E-state index in [-0.39, 0.29) is 24.5 Å². The lowest BCUT2D eigenvalue weighted by molar-refractivity contribution is 0.165. The Balaban J connectivity index is 1.39. The van der Waals surface area contributed by atoms with Gasteiger partial charge in [-0.05, 0) is 73.8 Å². The normalized spacial score (nSPS) is 20.5. The number of fused-ring (bicyclic) bond motifs is 1. The third kappa shape index (κ3) is 5.18. The highest BCUT2D eigenvalue weighted by Gasteiger charge is 2.31. The third-order valence-corrected chi connectivity index (χ3v) is 7.35. The van der Waals surface area contributed by atoms with E-state index in [1.165, 1.54) is 24.3 Å². The molecule has 0 aliphatic carbocycles. The fourth-order valence-corrected chi connectivity index (χ4v) is 5.14. The molecule has 0 radical (unpaired) electrons. The molecule has 2 heterocycles. The lowest BCUT2D eigenvalue weighted by atomic mass is 9.86. The van der Waals surface area contributed by atoms with Gasteiger partial charge in [0.15, 0.2) is 11.6 Å². The second-order valence-electron chi connectivity index (χ2n) is 9.88. The van der Waals surface area contributed by atoms with Gasteiger partial charge in [-0.25, -0.2) is 8.78 Å². The van der Waals surface area contributed by atoms with Crippen LogP contribution in [0.25, 0.3) is 11.1 Å². The van der Waals surface area contributed by atoms with Gasteiger partial charge >= 0.3 is 0 Å². The smallest absolute Gasteiger partial charge is 0.168 e. The number of phenols is 1. The molecule has 3 aromatic rings. The van der Waals surface area contributed by atoms with E-state index in [0.29, 0.717) is 23.7 Å². The van der Waals surface area contributed by atoms with Crippen LogP contribution in [0.4, 0.5) is 13.2 Å². The Morgan fingerprint density at radius 2 is 1.81 bits per heavy atom. The first-order valence-electron chi connectivity index (χ1n) is 12.5. The van der Waals surface area contributed by atoms with Crippen LogP contribution >= 0.6 is 0 Å². The molecule has 0 bridgehead atoms. The number of likely N-dealkylation sites (tertiary alicyclic amines) is 1. The van der Waals surface area contributed by atoms with Crippen molar-refractivity contribution in [3.63, 3.8) is 0 Å². The van der Waals surface area contributed by atoms with Gasteiger partial charge in [-0.2, -0.15) is 0 Å². The van der Waals surface area contributed by atoms with Crippen LogP contribution in [0.5, 0.6) is 17.2 Å². The number of nitrogens with zero attached hydrogens (tertiary/aromatic N) is 1. The SMILES string of the molecule is CC1=C(c2ccc(F)cc2)[C@@H](c2ccc(OC[C@H](C)N3CC[C@@H](CF)C3)cc2)Oc2cc(F)c(O)cc21. The molecule has 0 spiro atoms. The summed E-state index contributed by atoms with van der Waals surface area (Å²) >= 11 is 0. The predicted molar refractivity (Wildman–Crippen MR) is 137 cm³/mol. The van der Waals surface area contributed by atoms with Crippen LogP contribution in [0.3, 0.4) is 0 Å². The maximum atomic E-state index is 14.2. The summed E-state index contributed by atoms with van der Waals surface area (Å²) in [5.41, 5.74) is 3.78. The van der Waals surface area contributed by atoms with Gasteiger partial charge in [0.25, 0.3) is 0 Å². The minimum Gasteiger partial charge on any atom is -0.505 e. The van der Waals surface area contributed by atoms with E-state index in [4.69, 9.17) is 9.47 Å². The molecule has 1 fully saturated rings. The van der Waals surface area contributed by atoms with Crippen LogP contribution in [0.1, 0.15) is 43.1 Å². The summed E-state index contributed by atoms with van der Waals surface area (Å²) in [5.74, 6) is -0.414. The van der Waals surface area contributed by atoms with Crippen molar-refractivity contribution in [3.8, 4) is 17.2 Å². The Morgan fingerprint density at radius 3 is 2.49 bits per heavy atom. The molecule has 0 aromatic heterocycles. The van der Waals surface area contributed by atoms with Crippen LogP contribution in [0.15, 0.2) is 60.7 Å². The van der Waals surface area contributed by atoms with Gasteiger partial charge in [0.1, 0.15) is 30.0 Å². The Bertz CT molecular complexity index is 1290. The summed E-state index contributed by atoms with van der Waals surface area (Å²) in [4.78, 5) is 2.26. The standard InChI is InChI=1S/C30H30F3NO3/c1-18(34-12-11-20(15-31)16-34)17-36-24-9-5-22(6-10-24)30-29(21-3-7-23(32)8-4-21)19(2)25-13-27(35)26(33)14-28(25)37-30/h3-10,13-14,18,20,30,35H,11-12,15-17H2,1-2H3/t18-,20-,30+/m0/s1. The van der Waals surface area contributed by atoms with E-state index in [1.807, 2.05) is 31.2 Å². The number of alkyl halides is 1. The summed E-state index contributed by atoms with van der Waals surface area (Å²) in [5, 5.41) is 9.95. The average molecular weight is 510 g/mol. The number of aromatic hydroxyl groups is 1. The molecule has 2 aliphatic heterocycles. The summed E-state index contributed by atoms with van der Waals surface area (Å²) < 4.78 is 53.1. The lowest BCUT2D eigenvalue weighted by Crippen LogP contribution is -2.35. The zero-order chi connectivity index (χ0) is 26.1. The molecule has 37 heavy (non-hydrogen) atoms. The molecular weight excluding hydrogens is 479 g/mol. The van der Waals surface area contributed by atoms with Gasteiger partial charge in [0.05, 0.1) is 6.67 Å². The quantitative estimate of drug-likeness (QED) is 0.381. The number of halogens is 3. The van der Waals surface area contributed by atoms with Crippen molar-refractivity contribution in [2.75, 3.05) is 26.4 Å². The molecular formula is C30H30F3NO3. The van der Waals surface area contributed by atoms with Crippen LogP contribution in [0.2, 0.25) is 0 Å². The maximum Gasteiger partial charge on any atom is 0.168 e. The molecule has 5 rings (SSSR count). The Hall–Kier alpha value is -3.45. The summed E-state index contributed by atoms with van der Waals surface area (Å²) in [7, 11) is 0. The summed E-state index contributed by atoms with van der Waals surface area (Å²) in [6, 6.07) is 16.4. The zero-order valence-electron chi connectivity index (χ0n) is 20.9. The fraction of sp³-hybridized carbons (Fsp3) is 0.333. The predicted octanol–water partition coefficient (Wildman–Crippen LogP) is 6.79. The first-order chi connectivity index (χ1) is 17.8. The minimum absolute atomic E-state index is 0.117. The first kappa shape index (κ1) is 25.2. The monoisotopic (exact) mass is 509 g/mol. The van der Waals surface area contributed by atoms with Gasteiger partial charge in [-0.1, -0.05) is 24.3 Å². The van der Waals surface area contributed by atoms with Crippen molar-refractivity contribution in [3.05, 3.63) is 89.0 Å².